The van der Waals surface area contributed by atoms with E-state index < -0.39 is 0 Å². The van der Waals surface area contributed by atoms with Crippen molar-refractivity contribution in [2.24, 2.45) is 10.3 Å². The molecule has 6 nitrogen and oxygen atoms in total. The first-order chi connectivity index (χ1) is 9.26. The highest BCUT2D eigenvalue weighted by Gasteiger charge is 2.11. The summed E-state index contributed by atoms with van der Waals surface area (Å²) in [6, 6.07) is 11.7. The summed E-state index contributed by atoms with van der Waals surface area (Å²) in [4.78, 5) is 0. The predicted octanol–water partition coefficient (Wildman–Crippen LogP) is 3.14. The Hall–Kier alpha value is -2.33. The second kappa shape index (κ2) is 6.02. The highest BCUT2D eigenvalue weighted by Crippen LogP contribution is 2.25. The topological polar surface area (TPSA) is 80.4 Å². The van der Waals surface area contributed by atoms with E-state index in [1.54, 1.807) is 12.1 Å². The monoisotopic (exact) mass is 272 g/mol. The number of rotatable bonds is 4. The van der Waals surface area contributed by atoms with E-state index in [0.29, 0.717) is 16.4 Å². The van der Waals surface area contributed by atoms with Crippen LogP contribution in [-0.4, -0.2) is 23.5 Å². The molecule has 0 aliphatic heterocycles. The fourth-order valence-corrected chi connectivity index (χ4v) is 1.93. The lowest BCUT2D eigenvalue weighted by Gasteiger charge is -2.09. The zero-order valence-electron chi connectivity index (χ0n) is 10.5. The Kier molecular flexibility index (Phi) is 4.15. The predicted molar refractivity (Wildman–Crippen MR) is 74.4 cm³/mol. The number of hydrogen-bond donors (Lipinski definition) is 1. The number of nitrogens with one attached hydrogen (secondary N) is 1. The highest BCUT2D eigenvalue weighted by molar-refractivity contribution is 7.98. The van der Waals surface area contributed by atoms with Crippen molar-refractivity contribution >= 4 is 23.3 Å². The van der Waals surface area contributed by atoms with Crippen molar-refractivity contribution in [1.82, 2.24) is 10.2 Å². The summed E-state index contributed by atoms with van der Waals surface area (Å²) in [5.74, 6) is 0.370. The Morgan fingerprint density at radius 2 is 2.11 bits per heavy atom. The number of para-hydroxylation sites is 1. The smallest absolute Gasteiger partial charge is 0.191 e. The molecule has 0 saturated heterocycles. The van der Waals surface area contributed by atoms with Crippen LogP contribution in [0.1, 0.15) is 5.56 Å². The second-order valence-corrected chi connectivity index (χ2v) is 4.41. The van der Waals surface area contributed by atoms with E-state index in [2.05, 4.69) is 26.6 Å². The first-order valence-electron chi connectivity index (χ1n) is 5.49. The molecule has 19 heavy (non-hydrogen) atoms. The van der Waals surface area contributed by atoms with E-state index in [9.17, 15) is 0 Å². The molecule has 96 valence electrons. The Morgan fingerprint density at radius 3 is 2.74 bits per heavy atom. The standard InChI is InChI=1S/C12H12N6S/c1-18(9-6-4-3-5-7-9)17-15-11-10(8-13)12(19-2)16-14-11/h3-7H,1-2H3,(H,14,16)/b17-15+. The third kappa shape index (κ3) is 2.92. The Morgan fingerprint density at radius 1 is 1.37 bits per heavy atom. The largest absolute Gasteiger partial charge is 0.257 e. The Bertz CT molecular complexity index is 613. The third-order valence-corrected chi connectivity index (χ3v) is 3.11. The van der Waals surface area contributed by atoms with Crippen LogP contribution in [0.5, 0.6) is 0 Å². The van der Waals surface area contributed by atoms with Crippen LogP contribution in [0.2, 0.25) is 0 Å². The summed E-state index contributed by atoms with van der Waals surface area (Å²) < 4.78 is 0. The molecule has 0 fully saturated rings. The average Bonchev–Trinajstić information content (AvgIpc) is 2.87. The number of benzene rings is 1. The fraction of sp³-hybridized carbons (Fsp3) is 0.167. The van der Waals surface area contributed by atoms with Gasteiger partial charge in [-0.1, -0.05) is 23.4 Å². The van der Waals surface area contributed by atoms with Gasteiger partial charge >= 0.3 is 0 Å². The quantitative estimate of drug-likeness (QED) is 0.526. The molecule has 1 aromatic carbocycles. The molecule has 1 aromatic heterocycles. The lowest BCUT2D eigenvalue weighted by molar-refractivity contribution is 0.905. The minimum Gasteiger partial charge on any atom is -0.257 e. The number of hydrogen-bond acceptors (Lipinski definition) is 5. The lowest BCUT2D eigenvalue weighted by atomic mass is 10.3. The number of nitrogens with zero attached hydrogens (tertiary/aromatic N) is 5. The molecule has 7 heteroatoms. The normalized spacial score (nSPS) is 10.6. The number of aromatic amines is 1. The molecule has 0 atom stereocenters. The molecule has 0 spiro atoms. The van der Waals surface area contributed by atoms with E-state index in [4.69, 9.17) is 5.26 Å². The molecule has 2 rings (SSSR count). The van der Waals surface area contributed by atoms with Gasteiger partial charge in [0.25, 0.3) is 0 Å². The highest BCUT2D eigenvalue weighted by atomic mass is 32.2. The number of aromatic nitrogens is 2. The maximum atomic E-state index is 9.06. The van der Waals surface area contributed by atoms with Crippen molar-refractivity contribution in [3.8, 4) is 6.07 Å². The molecule has 0 amide bonds. The van der Waals surface area contributed by atoms with Gasteiger partial charge in [-0.15, -0.1) is 16.9 Å². The van der Waals surface area contributed by atoms with Crippen LogP contribution in [0.3, 0.4) is 0 Å². The minimum atomic E-state index is 0.370. The zero-order valence-corrected chi connectivity index (χ0v) is 11.3. The summed E-state index contributed by atoms with van der Waals surface area (Å²) in [5.41, 5.74) is 1.33. The molecule has 0 radical (unpaired) electrons. The number of anilines is 1. The van der Waals surface area contributed by atoms with E-state index in [1.165, 1.54) is 11.8 Å². The summed E-state index contributed by atoms with van der Waals surface area (Å²) in [6.07, 6.45) is 1.86. The molecule has 1 N–H and O–H groups in total. The van der Waals surface area contributed by atoms with Gasteiger partial charge in [0.05, 0.1) is 5.69 Å². The summed E-state index contributed by atoms with van der Waals surface area (Å²) in [7, 11) is 1.79. The van der Waals surface area contributed by atoms with E-state index in [-0.39, 0.29) is 0 Å². The fourth-order valence-electron chi connectivity index (χ4n) is 1.44. The van der Waals surface area contributed by atoms with Gasteiger partial charge in [0, 0.05) is 7.05 Å². The molecule has 0 aliphatic rings. The van der Waals surface area contributed by atoms with E-state index >= 15 is 0 Å². The van der Waals surface area contributed by atoms with Crippen LogP contribution in [-0.2, 0) is 0 Å². The van der Waals surface area contributed by atoms with Crippen molar-refractivity contribution in [3.63, 3.8) is 0 Å². The maximum Gasteiger partial charge on any atom is 0.191 e. The average molecular weight is 272 g/mol. The molecule has 0 unspecified atom stereocenters. The van der Waals surface area contributed by atoms with Crippen LogP contribution in [0, 0.1) is 11.3 Å². The van der Waals surface area contributed by atoms with Crippen LogP contribution in [0.25, 0.3) is 0 Å². The minimum absolute atomic E-state index is 0.370. The molecular weight excluding hydrogens is 260 g/mol. The van der Waals surface area contributed by atoms with Crippen LogP contribution >= 0.6 is 11.8 Å². The van der Waals surface area contributed by atoms with Gasteiger partial charge in [-0.2, -0.15) is 10.4 Å². The summed E-state index contributed by atoms with van der Waals surface area (Å²) >= 11 is 1.39. The van der Waals surface area contributed by atoms with Crippen LogP contribution in [0.4, 0.5) is 11.5 Å². The Balaban J connectivity index is 2.20. The van der Waals surface area contributed by atoms with Gasteiger partial charge in [0.1, 0.15) is 16.7 Å². The van der Waals surface area contributed by atoms with Crippen molar-refractivity contribution in [2.75, 3.05) is 18.3 Å². The lowest BCUT2D eigenvalue weighted by Crippen LogP contribution is -2.06. The molecule has 0 bridgehead atoms. The molecule has 0 aliphatic carbocycles. The number of thioether (sulfide) groups is 1. The molecule has 2 aromatic rings. The number of H-pyrrole nitrogens is 1. The van der Waals surface area contributed by atoms with Crippen molar-refractivity contribution in [1.29, 1.82) is 5.26 Å². The zero-order chi connectivity index (χ0) is 13.7. The maximum absolute atomic E-state index is 9.06. The van der Waals surface area contributed by atoms with Gasteiger partial charge in [-0.3, -0.25) is 5.10 Å². The van der Waals surface area contributed by atoms with Crippen molar-refractivity contribution in [2.45, 2.75) is 5.03 Å². The first-order valence-corrected chi connectivity index (χ1v) is 6.71. The van der Waals surface area contributed by atoms with Gasteiger partial charge in [0.15, 0.2) is 5.82 Å². The van der Waals surface area contributed by atoms with Gasteiger partial charge in [0.2, 0.25) is 0 Å². The first kappa shape index (κ1) is 13.1. The molecule has 1 heterocycles. The third-order valence-electron chi connectivity index (χ3n) is 2.43. The van der Waals surface area contributed by atoms with E-state index in [0.717, 1.165) is 5.69 Å². The number of nitriles is 1. The van der Waals surface area contributed by atoms with Crippen LogP contribution < -0.4 is 5.01 Å². The summed E-state index contributed by atoms with van der Waals surface area (Å²) in [6.45, 7) is 0. The second-order valence-electron chi connectivity index (χ2n) is 3.62. The van der Waals surface area contributed by atoms with Gasteiger partial charge in [-0.25, -0.2) is 5.01 Å². The van der Waals surface area contributed by atoms with Gasteiger partial charge < -0.3 is 0 Å². The molecular formula is C12H12N6S. The van der Waals surface area contributed by atoms with Gasteiger partial charge in [-0.05, 0) is 18.4 Å². The molecule has 0 saturated carbocycles. The van der Waals surface area contributed by atoms with Crippen molar-refractivity contribution < 1.29 is 0 Å². The summed E-state index contributed by atoms with van der Waals surface area (Å²) in [5, 5.41) is 26.1. The Labute approximate surface area is 115 Å². The SMILES string of the molecule is CSc1n[nH]c(/N=N/N(C)c2ccccc2)c1C#N. The van der Waals surface area contributed by atoms with Crippen molar-refractivity contribution in [3.05, 3.63) is 35.9 Å². The van der Waals surface area contributed by atoms with Crippen LogP contribution in [0.15, 0.2) is 45.7 Å². The van der Waals surface area contributed by atoms with E-state index in [1.807, 2.05) is 36.6 Å².